The van der Waals surface area contributed by atoms with Crippen molar-refractivity contribution < 1.29 is 38.3 Å². The van der Waals surface area contributed by atoms with Crippen LogP contribution in [0.5, 0.6) is 0 Å². The molecule has 0 N–H and O–H groups in total. The standard InChI is InChI=1S/C42H75NO8/c1-4-6-8-10-12-14-16-18-20-22-24-26-28-30-32-34-37(45)49-39-40(42(48)43(41(39)47)51-36(3)44)50-38(46)35-33-31-29-27-25-23-21-19-17-15-13-11-9-7-5-2/h39-40H,4-35H2,1-3H3. The number of rotatable bonds is 35. The van der Waals surface area contributed by atoms with Gasteiger partial charge in [-0.15, -0.1) is 0 Å². The van der Waals surface area contributed by atoms with Gasteiger partial charge in [-0.1, -0.05) is 199 Å². The van der Waals surface area contributed by atoms with Gasteiger partial charge in [-0.2, -0.15) is 0 Å². The van der Waals surface area contributed by atoms with Crippen molar-refractivity contribution in [2.75, 3.05) is 0 Å². The predicted octanol–water partition coefficient (Wildman–Crippen LogP) is 11.2. The van der Waals surface area contributed by atoms with Crippen LogP contribution in [0.2, 0.25) is 0 Å². The first-order chi connectivity index (χ1) is 24.8. The predicted molar refractivity (Wildman–Crippen MR) is 202 cm³/mol. The molecule has 51 heavy (non-hydrogen) atoms. The number of carbonyl (C=O) groups excluding carboxylic acids is 5. The third-order valence-electron chi connectivity index (χ3n) is 9.87. The summed E-state index contributed by atoms with van der Waals surface area (Å²) < 4.78 is 10.7. The molecule has 1 rings (SSSR count). The fourth-order valence-electron chi connectivity index (χ4n) is 6.72. The van der Waals surface area contributed by atoms with Crippen LogP contribution in [0.25, 0.3) is 0 Å². The van der Waals surface area contributed by atoms with Crippen molar-refractivity contribution in [1.82, 2.24) is 5.06 Å². The van der Waals surface area contributed by atoms with E-state index in [1.54, 1.807) is 0 Å². The van der Waals surface area contributed by atoms with Crippen LogP contribution in [0.3, 0.4) is 0 Å². The highest BCUT2D eigenvalue weighted by Crippen LogP contribution is 2.23. The van der Waals surface area contributed by atoms with E-state index in [2.05, 4.69) is 13.8 Å². The first kappa shape index (κ1) is 46.6. The third kappa shape index (κ3) is 24.4. The van der Waals surface area contributed by atoms with Gasteiger partial charge in [0.1, 0.15) is 0 Å². The zero-order valence-corrected chi connectivity index (χ0v) is 33.0. The smallest absolute Gasteiger partial charge is 0.330 e. The number of hydrogen-bond donors (Lipinski definition) is 0. The zero-order valence-electron chi connectivity index (χ0n) is 33.0. The number of imide groups is 1. The largest absolute Gasteiger partial charge is 0.447 e. The molecule has 0 bridgehead atoms. The molecule has 0 aromatic heterocycles. The highest BCUT2D eigenvalue weighted by Gasteiger charge is 2.55. The van der Waals surface area contributed by atoms with Crippen molar-refractivity contribution in [3.63, 3.8) is 0 Å². The van der Waals surface area contributed by atoms with Crippen molar-refractivity contribution >= 4 is 29.7 Å². The molecule has 0 radical (unpaired) electrons. The molecule has 1 aliphatic heterocycles. The Kier molecular flexibility index (Phi) is 29.4. The number of nitrogens with zero attached hydrogens (tertiary/aromatic N) is 1. The van der Waals surface area contributed by atoms with Gasteiger partial charge in [0.05, 0.1) is 0 Å². The molecule has 0 aromatic carbocycles. The van der Waals surface area contributed by atoms with Crippen molar-refractivity contribution in [2.45, 2.75) is 238 Å². The molecule has 0 spiro atoms. The van der Waals surface area contributed by atoms with E-state index in [-0.39, 0.29) is 17.9 Å². The van der Waals surface area contributed by atoms with E-state index in [1.807, 2.05) is 0 Å². The molecule has 9 heteroatoms. The maximum absolute atomic E-state index is 12.9. The Balaban J connectivity index is 2.24. The van der Waals surface area contributed by atoms with Crippen molar-refractivity contribution in [1.29, 1.82) is 0 Å². The second kappa shape index (κ2) is 32.2. The minimum Gasteiger partial charge on any atom is -0.447 e. The van der Waals surface area contributed by atoms with E-state index in [0.717, 1.165) is 45.4 Å². The van der Waals surface area contributed by atoms with E-state index >= 15 is 0 Å². The fraction of sp³-hybridized carbons (Fsp3) is 0.881. The molecule has 9 nitrogen and oxygen atoms in total. The maximum atomic E-state index is 12.9. The van der Waals surface area contributed by atoms with Crippen LogP contribution in [0.15, 0.2) is 0 Å². The fourth-order valence-corrected chi connectivity index (χ4v) is 6.72. The van der Waals surface area contributed by atoms with Gasteiger partial charge < -0.3 is 14.3 Å². The first-order valence-corrected chi connectivity index (χ1v) is 21.3. The van der Waals surface area contributed by atoms with Gasteiger partial charge >= 0.3 is 29.7 Å². The molecule has 2 amide bonds. The lowest BCUT2D eigenvalue weighted by atomic mass is 10.0. The Bertz CT molecular complexity index is 872. The van der Waals surface area contributed by atoms with Crippen molar-refractivity contribution in [2.24, 2.45) is 0 Å². The number of ether oxygens (including phenoxy) is 2. The average molecular weight is 722 g/mol. The van der Waals surface area contributed by atoms with Crippen LogP contribution >= 0.6 is 0 Å². The molecule has 0 aliphatic carbocycles. The summed E-state index contributed by atoms with van der Waals surface area (Å²) in [5, 5.41) is 0.249. The average Bonchev–Trinajstić information content (AvgIpc) is 3.30. The number of unbranched alkanes of at least 4 members (excludes halogenated alkanes) is 28. The molecule has 1 heterocycles. The Labute approximate surface area is 311 Å². The summed E-state index contributed by atoms with van der Waals surface area (Å²) in [7, 11) is 0. The van der Waals surface area contributed by atoms with Gasteiger partial charge in [0.25, 0.3) is 0 Å². The molecular formula is C42H75NO8. The molecular weight excluding hydrogens is 646 g/mol. The monoisotopic (exact) mass is 722 g/mol. The lowest BCUT2D eigenvalue weighted by molar-refractivity contribution is -0.198. The van der Waals surface area contributed by atoms with Gasteiger partial charge in [0, 0.05) is 19.8 Å². The number of amides is 2. The summed E-state index contributed by atoms with van der Waals surface area (Å²) in [6, 6.07) is 0. The minimum atomic E-state index is -1.66. The lowest BCUT2D eigenvalue weighted by Gasteiger charge is -2.16. The van der Waals surface area contributed by atoms with Crippen molar-refractivity contribution in [3.8, 4) is 0 Å². The van der Waals surface area contributed by atoms with Crippen LogP contribution in [-0.2, 0) is 38.3 Å². The first-order valence-electron chi connectivity index (χ1n) is 21.3. The Morgan fingerprint density at radius 3 is 0.902 bits per heavy atom. The minimum absolute atomic E-state index is 0.0869. The summed E-state index contributed by atoms with van der Waals surface area (Å²) in [5.41, 5.74) is 0. The molecule has 1 fully saturated rings. The number of carbonyl (C=O) groups is 5. The summed E-state index contributed by atoms with van der Waals surface area (Å²) in [6.45, 7) is 5.55. The molecule has 2 unspecified atom stereocenters. The van der Waals surface area contributed by atoms with Crippen LogP contribution < -0.4 is 0 Å². The summed E-state index contributed by atoms with van der Waals surface area (Å²) in [4.78, 5) is 67.2. The van der Waals surface area contributed by atoms with Crippen LogP contribution in [-0.4, -0.2) is 47.0 Å². The van der Waals surface area contributed by atoms with Gasteiger partial charge in [-0.05, 0) is 12.8 Å². The van der Waals surface area contributed by atoms with E-state index in [1.165, 1.54) is 141 Å². The molecule has 296 valence electrons. The number of esters is 2. The molecule has 1 aliphatic rings. The lowest BCUT2D eigenvalue weighted by Crippen LogP contribution is -2.37. The zero-order chi connectivity index (χ0) is 37.4. The van der Waals surface area contributed by atoms with E-state index in [0.29, 0.717) is 12.8 Å². The normalized spacial score (nSPS) is 15.8. The maximum Gasteiger partial charge on any atom is 0.330 e. The van der Waals surface area contributed by atoms with E-state index < -0.39 is 41.9 Å². The topological polar surface area (TPSA) is 116 Å². The van der Waals surface area contributed by atoms with Crippen LogP contribution in [0, 0.1) is 0 Å². The molecule has 1 saturated heterocycles. The Hall–Kier alpha value is -2.45. The Morgan fingerprint density at radius 2 is 0.667 bits per heavy atom. The van der Waals surface area contributed by atoms with Crippen LogP contribution in [0.4, 0.5) is 0 Å². The Morgan fingerprint density at radius 1 is 0.431 bits per heavy atom. The van der Waals surface area contributed by atoms with Gasteiger partial charge in [-0.25, -0.2) is 4.79 Å². The molecule has 0 saturated carbocycles. The van der Waals surface area contributed by atoms with Gasteiger partial charge in [0.15, 0.2) is 0 Å². The van der Waals surface area contributed by atoms with Gasteiger partial charge in [0.2, 0.25) is 12.2 Å². The van der Waals surface area contributed by atoms with Crippen LogP contribution in [0.1, 0.15) is 226 Å². The SMILES string of the molecule is CCCCCCCCCCCCCCCCCC(=O)OC1C(=O)N(OC(C)=O)C(=O)C1OC(=O)CCCCCCCCCCCCCCCCC. The third-order valence-corrected chi connectivity index (χ3v) is 9.87. The summed E-state index contributed by atoms with van der Waals surface area (Å²) in [6.07, 6.45) is 33.0. The molecule has 0 aromatic rings. The van der Waals surface area contributed by atoms with E-state index in [4.69, 9.17) is 14.3 Å². The van der Waals surface area contributed by atoms with Gasteiger partial charge in [-0.3, -0.25) is 19.2 Å². The number of hydroxylamine groups is 2. The molecule has 2 atom stereocenters. The number of hydrogen-bond acceptors (Lipinski definition) is 8. The second-order valence-corrected chi connectivity index (χ2v) is 14.8. The second-order valence-electron chi connectivity index (χ2n) is 14.8. The highest BCUT2D eigenvalue weighted by atomic mass is 16.7. The van der Waals surface area contributed by atoms with Crippen molar-refractivity contribution in [3.05, 3.63) is 0 Å². The summed E-state index contributed by atoms with van der Waals surface area (Å²) in [5.74, 6) is -4.23. The van der Waals surface area contributed by atoms with E-state index in [9.17, 15) is 24.0 Å². The quantitative estimate of drug-likeness (QED) is 0.0361. The summed E-state index contributed by atoms with van der Waals surface area (Å²) >= 11 is 0. The highest BCUT2D eigenvalue weighted by molar-refractivity contribution is 6.08.